The highest BCUT2D eigenvalue weighted by atomic mass is 28.4. The first-order chi connectivity index (χ1) is 43.3. The average Bonchev–Trinajstić information content (AvgIpc) is 3.65. The van der Waals surface area contributed by atoms with Gasteiger partial charge in [-0.1, -0.05) is 92.9 Å². The van der Waals surface area contributed by atoms with Crippen LogP contribution < -0.4 is 0 Å². The molecule has 0 saturated heterocycles. The van der Waals surface area contributed by atoms with Crippen LogP contribution in [-0.2, 0) is 106 Å². The summed E-state index contributed by atoms with van der Waals surface area (Å²) in [5.41, 5.74) is 0. The summed E-state index contributed by atoms with van der Waals surface area (Å²) in [7, 11) is 3.21. The summed E-state index contributed by atoms with van der Waals surface area (Å²) in [6, 6.07) is 5.35. The van der Waals surface area contributed by atoms with Crippen molar-refractivity contribution in [2.24, 2.45) is 0 Å². The normalized spacial score (nSPS) is 12.0. The van der Waals surface area contributed by atoms with Crippen molar-refractivity contribution in [1.82, 2.24) is 0 Å². The van der Waals surface area contributed by atoms with Gasteiger partial charge in [-0.2, -0.15) is 0 Å². The van der Waals surface area contributed by atoms with Crippen molar-refractivity contribution in [3.8, 4) is 0 Å². The molecule has 562 valence electrons. The minimum absolute atomic E-state index is 0.655. The van der Waals surface area contributed by atoms with Gasteiger partial charge in [-0.05, 0) is 89.0 Å². The van der Waals surface area contributed by atoms with E-state index in [0.717, 1.165) is 61.9 Å². The molecule has 91 heavy (non-hydrogen) atoms. The van der Waals surface area contributed by atoms with Crippen LogP contribution >= 0.6 is 0 Å². The topological polar surface area (TPSA) is 222 Å². The van der Waals surface area contributed by atoms with Gasteiger partial charge < -0.3 is 106 Å². The summed E-state index contributed by atoms with van der Waals surface area (Å²) in [6.07, 6.45) is 11.9. The Kier molecular flexibility index (Phi) is 87.0. The van der Waals surface area contributed by atoms with E-state index in [-0.39, 0.29) is 0 Å². The van der Waals surface area contributed by atoms with Crippen LogP contribution in [-0.4, -0.2) is 236 Å². The van der Waals surface area contributed by atoms with Crippen LogP contribution in [0.25, 0.3) is 0 Å². The predicted octanol–water partition coefficient (Wildman–Crippen LogP) is 14.5. The summed E-state index contributed by atoms with van der Waals surface area (Å²) >= 11 is 0. The molecule has 32 heteroatoms. The smallest absolute Gasteiger partial charge is 0.377 e. The lowest BCUT2D eigenvalue weighted by molar-refractivity contribution is 0.0707. The molecule has 0 spiro atoms. The van der Waals surface area contributed by atoms with Crippen LogP contribution in [0.2, 0.25) is 49.4 Å². The quantitative estimate of drug-likeness (QED) is 0.0408. The second-order valence-electron chi connectivity index (χ2n) is 19.1. The van der Waals surface area contributed by atoms with Crippen LogP contribution in [0.5, 0.6) is 0 Å². The molecule has 0 fully saturated rings. The minimum atomic E-state index is -2.32. The molecule has 0 N–H and O–H groups in total. The molecule has 0 rings (SSSR count). The summed E-state index contributed by atoms with van der Waals surface area (Å²) < 4.78 is 128. The third-order valence-electron chi connectivity index (χ3n) is 13.0. The second kappa shape index (κ2) is 73.5. The maximum Gasteiger partial charge on any atom is 0.500 e. The second-order valence-corrected chi connectivity index (χ2v) is 42.6. The van der Waals surface area contributed by atoms with Gasteiger partial charge >= 0.3 is 70.4 Å². The summed E-state index contributed by atoms with van der Waals surface area (Å²) in [4.78, 5) is 0. The zero-order valence-electron chi connectivity index (χ0n) is 64.9. The van der Waals surface area contributed by atoms with Crippen LogP contribution in [0.3, 0.4) is 0 Å². The fourth-order valence-corrected chi connectivity index (χ4v) is 22.4. The molecule has 0 aromatic carbocycles. The highest BCUT2D eigenvalue weighted by Gasteiger charge is 2.42. The van der Waals surface area contributed by atoms with E-state index in [2.05, 4.69) is 27.7 Å². The number of hydrogen-bond acceptors (Lipinski definition) is 24. The van der Waals surface area contributed by atoms with E-state index in [9.17, 15) is 0 Å². The van der Waals surface area contributed by atoms with E-state index in [1.807, 2.05) is 103 Å². The molecule has 0 aliphatic heterocycles. The Balaban J connectivity index is -0.000000145. The Morgan fingerprint density at radius 3 is 0.571 bits per heavy atom. The van der Waals surface area contributed by atoms with Crippen LogP contribution in [0.4, 0.5) is 0 Å². The van der Waals surface area contributed by atoms with Gasteiger partial charge in [-0.3, -0.25) is 0 Å². The van der Waals surface area contributed by atoms with Gasteiger partial charge in [0.2, 0.25) is 0 Å². The Hall–Kier alpha value is 0.775. The van der Waals surface area contributed by atoms with Crippen molar-refractivity contribution >= 4 is 70.4 Å². The summed E-state index contributed by atoms with van der Waals surface area (Å²) in [6.45, 7) is 45.4. The van der Waals surface area contributed by atoms with Gasteiger partial charge in [-0.25, -0.2) is 0 Å². The molecule has 0 amide bonds. The molecular formula is C59H150O24Si8. The lowest BCUT2D eigenvalue weighted by Crippen LogP contribution is -2.45. The first kappa shape index (κ1) is 108. The molecule has 0 aromatic rings. The van der Waals surface area contributed by atoms with Crippen molar-refractivity contribution in [1.29, 1.82) is 0 Å². The van der Waals surface area contributed by atoms with Crippen LogP contribution in [0.1, 0.15) is 182 Å². The van der Waals surface area contributed by atoms with Gasteiger partial charge in [0, 0.05) is 214 Å². The highest BCUT2D eigenvalue weighted by molar-refractivity contribution is 6.62. The van der Waals surface area contributed by atoms with E-state index < -0.39 is 70.4 Å². The predicted molar refractivity (Wildman–Crippen MR) is 386 cm³/mol. The van der Waals surface area contributed by atoms with E-state index in [0.29, 0.717) is 72.7 Å². The number of unbranched alkanes of at least 4 members (excludes halogenated alkanes) is 6. The van der Waals surface area contributed by atoms with Gasteiger partial charge in [0.1, 0.15) is 0 Å². The zero-order chi connectivity index (χ0) is 72.1. The first-order valence-electron chi connectivity index (χ1n) is 33.5. The number of hydrogen-bond donors (Lipinski definition) is 0. The van der Waals surface area contributed by atoms with Crippen LogP contribution in [0.15, 0.2) is 0 Å². The Morgan fingerprint density at radius 1 is 0.176 bits per heavy atom. The molecule has 0 unspecified atom stereocenters. The SMILES string of the molecule is CCCCCC[Si](OC)(OC)OC.CCCCCC[Si](OC)(OCC)OCC.CCC[Si](OC)(OC)OC.CCC[Si](OCC)(OCC)OCC.CCO[Si](C)(OCC)OCC.CCO[Si](CC)(OCC)OCC.CC[Si](OC)(OC)OC.CO[Si](C)(OC)OC. The summed E-state index contributed by atoms with van der Waals surface area (Å²) in [5.74, 6) is 0. The van der Waals surface area contributed by atoms with Gasteiger partial charge in [0.15, 0.2) is 0 Å². The fourth-order valence-electron chi connectivity index (χ4n) is 8.04. The first-order valence-corrected chi connectivity index (χ1v) is 49.6. The molecule has 0 aliphatic rings. The largest absolute Gasteiger partial charge is 0.500 e. The van der Waals surface area contributed by atoms with E-state index in [4.69, 9.17) is 106 Å². The van der Waals surface area contributed by atoms with Crippen molar-refractivity contribution < 1.29 is 106 Å². The fraction of sp³-hybridized carbons (Fsp3) is 1.00. The molecule has 0 aromatic heterocycles. The highest BCUT2D eigenvalue weighted by Crippen LogP contribution is 2.21. The Morgan fingerprint density at radius 2 is 0.396 bits per heavy atom. The Bertz CT molecular complexity index is 1280. The molecule has 0 saturated carbocycles. The van der Waals surface area contributed by atoms with Crippen molar-refractivity contribution in [3.05, 3.63) is 0 Å². The maximum absolute atomic E-state index is 5.69. The molecule has 24 nitrogen and oxygen atoms in total. The maximum atomic E-state index is 5.69. The summed E-state index contributed by atoms with van der Waals surface area (Å²) in [5, 5.41) is 0. The molecule has 0 heterocycles. The standard InChI is InChI=1S/C11H26O3Si.2C9H22O3Si.C8H20O3Si.C7H18O3Si.C6H16O3Si.C5H14O3Si.C4H12O3Si/c1-5-8-9-10-11-15(12-4,13-6-2)14-7-3;1-5-6-7-8-9-13(10-2,11-3)12-4;1-5-9-13(10-6-2,11-7-3)12-8-4;1-5-9-12(8-4,10-6-2)11-7-3;1-5-8-11(4,9-6-2)10-7-3;1-5-6-10(7-2,8-3)9-4;1-5-9(6-2,7-3)8-4;1-5-8(4,6-2)7-3/h5-11H2,1-4H3;2*5-9H2,1-4H3;5-8H2,1-4H3;5-7H2,1-4H3;5-6H2,1-4H3;5H2,1-4H3;1-4H3. The lowest BCUT2D eigenvalue weighted by Gasteiger charge is -2.27. The van der Waals surface area contributed by atoms with E-state index in [1.165, 1.54) is 38.5 Å². The third kappa shape index (κ3) is 57.3. The Labute approximate surface area is 570 Å². The zero-order valence-corrected chi connectivity index (χ0v) is 72.9. The molecule has 0 bridgehead atoms. The minimum Gasteiger partial charge on any atom is -0.377 e. The lowest BCUT2D eigenvalue weighted by atomic mass is 10.2. The molecule has 0 atom stereocenters. The van der Waals surface area contributed by atoms with Crippen LogP contribution in [0, 0.1) is 0 Å². The monoisotopic (exact) mass is 1470 g/mol. The molecular weight excluding hydrogens is 1320 g/mol. The number of rotatable bonds is 51. The molecule has 0 radical (unpaired) electrons. The van der Waals surface area contributed by atoms with Crippen molar-refractivity contribution in [2.75, 3.05) is 165 Å². The van der Waals surface area contributed by atoms with Gasteiger partial charge in [-0.15, -0.1) is 0 Å². The third-order valence-corrected chi connectivity index (χ3v) is 35.6. The van der Waals surface area contributed by atoms with Crippen molar-refractivity contribution in [2.45, 2.75) is 231 Å². The molecule has 0 aliphatic carbocycles. The average molecular weight is 1470 g/mol. The van der Waals surface area contributed by atoms with Gasteiger partial charge in [0.25, 0.3) is 0 Å². The van der Waals surface area contributed by atoms with Gasteiger partial charge in [0.05, 0.1) is 0 Å². The van der Waals surface area contributed by atoms with E-state index >= 15 is 0 Å². The van der Waals surface area contributed by atoms with Crippen molar-refractivity contribution in [3.63, 3.8) is 0 Å². The van der Waals surface area contributed by atoms with E-state index in [1.54, 1.807) is 92.4 Å².